The number of nitrogens with zero attached hydrogens (tertiary/aromatic N) is 3. The molecular weight excluding hydrogens is 409 g/mol. The quantitative estimate of drug-likeness (QED) is 0.529. The van der Waals surface area contributed by atoms with Gasteiger partial charge in [-0.1, -0.05) is 24.3 Å². The summed E-state index contributed by atoms with van der Waals surface area (Å²) in [6, 6.07) is 14.8. The molecule has 31 heavy (non-hydrogen) atoms. The van der Waals surface area contributed by atoms with Gasteiger partial charge < -0.3 is 4.90 Å². The predicted molar refractivity (Wildman–Crippen MR) is 123 cm³/mol. The molecule has 0 aliphatic carbocycles. The zero-order valence-corrected chi connectivity index (χ0v) is 18.6. The van der Waals surface area contributed by atoms with Gasteiger partial charge in [0.05, 0.1) is 4.88 Å². The maximum absolute atomic E-state index is 14.4. The molecule has 0 saturated carbocycles. The lowest BCUT2D eigenvalue weighted by molar-refractivity contribution is 0.0588. The van der Waals surface area contributed by atoms with E-state index in [0.29, 0.717) is 17.9 Å². The van der Waals surface area contributed by atoms with Crippen molar-refractivity contribution < 1.29 is 9.18 Å². The molecule has 0 spiro atoms. The molecule has 0 unspecified atom stereocenters. The minimum Gasteiger partial charge on any atom is -0.337 e. The van der Waals surface area contributed by atoms with Crippen LogP contribution in [0, 0.1) is 11.7 Å². The number of thiophene rings is 1. The maximum Gasteiger partial charge on any atom is 0.263 e. The molecule has 4 nitrogen and oxygen atoms in total. The van der Waals surface area contributed by atoms with Gasteiger partial charge in [0.15, 0.2) is 0 Å². The standard InChI is InChI=1S/C25H28FN3OS/c1-28(25(30)24-7-4-16-31-24)23(17-21-5-2-3-6-22(21)26)20-10-14-29(15-11-20)18-19-8-12-27-13-9-19/h2-9,12-13,16,20,23H,10-11,14-15,17-18H2,1H3/t23-/m1/s1. The Labute approximate surface area is 187 Å². The first-order valence-corrected chi connectivity index (χ1v) is 11.6. The summed E-state index contributed by atoms with van der Waals surface area (Å²) >= 11 is 1.46. The van der Waals surface area contributed by atoms with E-state index in [2.05, 4.69) is 22.0 Å². The van der Waals surface area contributed by atoms with Crippen LogP contribution in [0.5, 0.6) is 0 Å². The summed E-state index contributed by atoms with van der Waals surface area (Å²) < 4.78 is 14.4. The highest BCUT2D eigenvalue weighted by molar-refractivity contribution is 7.12. The normalized spacial score (nSPS) is 16.2. The van der Waals surface area contributed by atoms with Crippen molar-refractivity contribution >= 4 is 17.2 Å². The topological polar surface area (TPSA) is 36.4 Å². The Hall–Kier alpha value is -2.57. The van der Waals surface area contributed by atoms with E-state index in [-0.39, 0.29) is 17.8 Å². The van der Waals surface area contributed by atoms with Crippen LogP contribution in [-0.2, 0) is 13.0 Å². The zero-order chi connectivity index (χ0) is 21.6. The van der Waals surface area contributed by atoms with Crippen LogP contribution in [0.1, 0.15) is 33.6 Å². The fraction of sp³-hybridized carbons (Fsp3) is 0.360. The number of benzene rings is 1. The van der Waals surface area contributed by atoms with Crippen LogP contribution in [0.4, 0.5) is 4.39 Å². The van der Waals surface area contributed by atoms with Crippen LogP contribution in [-0.4, -0.2) is 46.9 Å². The summed E-state index contributed by atoms with van der Waals surface area (Å²) in [5.74, 6) is 0.164. The highest BCUT2D eigenvalue weighted by Crippen LogP contribution is 2.29. The summed E-state index contributed by atoms with van der Waals surface area (Å²) in [6.07, 6.45) is 6.18. The third-order valence-corrected chi connectivity index (χ3v) is 7.13. The summed E-state index contributed by atoms with van der Waals surface area (Å²) in [5, 5.41) is 1.92. The number of piperidine rings is 1. The molecule has 0 N–H and O–H groups in total. The third-order valence-electron chi connectivity index (χ3n) is 6.27. The average Bonchev–Trinajstić information content (AvgIpc) is 3.34. The van der Waals surface area contributed by atoms with Crippen molar-refractivity contribution in [2.24, 2.45) is 5.92 Å². The van der Waals surface area contributed by atoms with Gasteiger partial charge in [0, 0.05) is 32.0 Å². The van der Waals surface area contributed by atoms with Crippen molar-refractivity contribution in [3.8, 4) is 0 Å². The molecule has 3 aromatic rings. The van der Waals surface area contributed by atoms with Crippen LogP contribution in [0.2, 0.25) is 0 Å². The van der Waals surface area contributed by atoms with E-state index < -0.39 is 0 Å². The molecule has 1 aliphatic rings. The van der Waals surface area contributed by atoms with Gasteiger partial charge in [-0.15, -0.1) is 11.3 Å². The van der Waals surface area contributed by atoms with Gasteiger partial charge in [-0.2, -0.15) is 0 Å². The van der Waals surface area contributed by atoms with Gasteiger partial charge in [-0.25, -0.2) is 4.39 Å². The Bertz CT molecular complexity index is 971. The number of likely N-dealkylation sites (N-methyl/N-ethyl adjacent to an activating group) is 1. The van der Waals surface area contributed by atoms with E-state index in [4.69, 9.17) is 0 Å². The Kier molecular flexibility index (Phi) is 7.10. The molecule has 1 atom stereocenters. The Morgan fingerprint density at radius 3 is 2.58 bits per heavy atom. The zero-order valence-electron chi connectivity index (χ0n) is 17.8. The largest absolute Gasteiger partial charge is 0.337 e. The summed E-state index contributed by atoms with van der Waals surface area (Å²) in [6.45, 7) is 2.86. The second-order valence-corrected chi connectivity index (χ2v) is 9.17. The van der Waals surface area contributed by atoms with Crippen molar-refractivity contribution in [3.63, 3.8) is 0 Å². The molecule has 2 aromatic heterocycles. The summed E-state index contributed by atoms with van der Waals surface area (Å²) in [5.41, 5.74) is 1.94. The number of amides is 1. The first-order valence-electron chi connectivity index (χ1n) is 10.8. The number of pyridine rings is 1. The molecular formula is C25H28FN3OS. The van der Waals surface area contributed by atoms with E-state index in [9.17, 15) is 9.18 Å². The lowest BCUT2D eigenvalue weighted by Crippen LogP contribution is -2.47. The molecule has 1 fully saturated rings. The van der Waals surface area contributed by atoms with Gasteiger partial charge >= 0.3 is 0 Å². The maximum atomic E-state index is 14.4. The van der Waals surface area contributed by atoms with Crippen molar-refractivity contribution in [1.82, 2.24) is 14.8 Å². The first kappa shape index (κ1) is 21.7. The summed E-state index contributed by atoms with van der Waals surface area (Å²) in [4.78, 5) is 22.2. The lowest BCUT2D eigenvalue weighted by atomic mass is 9.84. The number of aromatic nitrogens is 1. The minimum absolute atomic E-state index is 0.0237. The fourth-order valence-electron chi connectivity index (χ4n) is 4.48. The molecule has 1 amide bonds. The Balaban J connectivity index is 1.48. The van der Waals surface area contributed by atoms with Crippen LogP contribution < -0.4 is 0 Å². The van der Waals surface area contributed by atoms with E-state index in [1.807, 2.05) is 54.0 Å². The molecule has 4 rings (SSSR count). The predicted octanol–water partition coefficient (Wildman–Crippen LogP) is 4.88. The molecule has 1 saturated heterocycles. The second-order valence-electron chi connectivity index (χ2n) is 8.23. The molecule has 6 heteroatoms. The van der Waals surface area contributed by atoms with Crippen molar-refractivity contribution in [2.45, 2.75) is 31.8 Å². The number of hydrogen-bond donors (Lipinski definition) is 0. The molecule has 0 radical (unpaired) electrons. The smallest absolute Gasteiger partial charge is 0.263 e. The monoisotopic (exact) mass is 437 g/mol. The van der Waals surface area contributed by atoms with E-state index in [1.54, 1.807) is 6.07 Å². The van der Waals surface area contributed by atoms with Crippen molar-refractivity contribution in [1.29, 1.82) is 0 Å². The first-order chi connectivity index (χ1) is 15.1. The molecule has 1 aliphatic heterocycles. The number of halogens is 1. The van der Waals surface area contributed by atoms with Crippen LogP contribution in [0.15, 0.2) is 66.3 Å². The molecule has 162 valence electrons. The van der Waals surface area contributed by atoms with Gasteiger partial charge in [0.2, 0.25) is 0 Å². The SMILES string of the molecule is CN(C(=O)c1cccs1)[C@H](Cc1ccccc1F)C1CCN(Cc2ccncc2)CC1. The Morgan fingerprint density at radius 2 is 1.90 bits per heavy atom. The molecule has 0 bridgehead atoms. The second kappa shape index (κ2) is 10.2. The van der Waals surface area contributed by atoms with Crippen LogP contribution >= 0.6 is 11.3 Å². The minimum atomic E-state index is -0.195. The van der Waals surface area contributed by atoms with Crippen molar-refractivity contribution in [3.05, 3.63) is 88.1 Å². The summed E-state index contributed by atoms with van der Waals surface area (Å²) in [7, 11) is 1.87. The highest BCUT2D eigenvalue weighted by atomic mass is 32.1. The highest BCUT2D eigenvalue weighted by Gasteiger charge is 2.32. The van der Waals surface area contributed by atoms with Crippen LogP contribution in [0.25, 0.3) is 0 Å². The number of carbonyl (C=O) groups is 1. The number of carbonyl (C=O) groups excluding carboxylic acids is 1. The van der Waals surface area contributed by atoms with Crippen LogP contribution in [0.3, 0.4) is 0 Å². The van der Waals surface area contributed by atoms with Gasteiger partial charge in [0.1, 0.15) is 5.82 Å². The average molecular weight is 438 g/mol. The van der Waals surface area contributed by atoms with Gasteiger partial charge in [0.25, 0.3) is 5.91 Å². The number of hydrogen-bond acceptors (Lipinski definition) is 4. The Morgan fingerprint density at radius 1 is 1.16 bits per heavy atom. The van der Waals surface area contributed by atoms with Gasteiger partial charge in [-0.05, 0) is 79.0 Å². The number of rotatable bonds is 7. The third kappa shape index (κ3) is 5.38. The number of likely N-dealkylation sites (tertiary alicyclic amines) is 1. The van der Waals surface area contributed by atoms with Gasteiger partial charge in [-0.3, -0.25) is 14.7 Å². The molecule has 3 heterocycles. The van der Waals surface area contributed by atoms with Crippen molar-refractivity contribution in [2.75, 3.05) is 20.1 Å². The van der Waals surface area contributed by atoms with E-state index in [1.165, 1.54) is 23.0 Å². The lowest BCUT2D eigenvalue weighted by Gasteiger charge is -2.40. The van der Waals surface area contributed by atoms with E-state index in [0.717, 1.165) is 37.4 Å². The fourth-order valence-corrected chi connectivity index (χ4v) is 5.18. The molecule has 1 aromatic carbocycles. The van der Waals surface area contributed by atoms with E-state index >= 15 is 0 Å².